The van der Waals surface area contributed by atoms with E-state index in [0.717, 1.165) is 11.6 Å². The van der Waals surface area contributed by atoms with Crippen LogP contribution in [0.5, 0.6) is 0 Å². The van der Waals surface area contributed by atoms with Crippen molar-refractivity contribution in [3.05, 3.63) is 59.7 Å². The van der Waals surface area contributed by atoms with Gasteiger partial charge in [-0.25, -0.2) is 13.2 Å². The Morgan fingerprint density at radius 1 is 1.00 bits per heavy atom. The summed E-state index contributed by atoms with van der Waals surface area (Å²) in [6.07, 6.45) is 1.98. The van der Waals surface area contributed by atoms with Gasteiger partial charge >= 0.3 is 6.01 Å². The number of aryl methyl sites for hydroxylation is 1. The molecular formula is C18H14F3N7O. The molecule has 0 spiro atoms. The van der Waals surface area contributed by atoms with Crippen molar-refractivity contribution in [2.45, 2.75) is 13.3 Å². The van der Waals surface area contributed by atoms with Crippen LogP contribution in [0.2, 0.25) is 0 Å². The fourth-order valence-corrected chi connectivity index (χ4v) is 2.62. The molecule has 0 aliphatic rings. The molecule has 0 aliphatic heterocycles. The van der Waals surface area contributed by atoms with Gasteiger partial charge in [-0.05, 0) is 36.2 Å². The first-order valence-electron chi connectivity index (χ1n) is 8.55. The number of aromatic nitrogens is 5. The number of anilines is 4. The van der Waals surface area contributed by atoms with Gasteiger partial charge in [0.1, 0.15) is 12.1 Å². The number of halogens is 3. The van der Waals surface area contributed by atoms with Gasteiger partial charge in [0.05, 0.1) is 16.9 Å². The summed E-state index contributed by atoms with van der Waals surface area (Å²) in [4.78, 5) is 2.69. The average molecular weight is 401 g/mol. The highest BCUT2D eigenvalue weighted by atomic mass is 19.2. The Morgan fingerprint density at radius 2 is 1.86 bits per heavy atom. The number of aromatic amines is 1. The van der Waals surface area contributed by atoms with Crippen LogP contribution in [0.3, 0.4) is 0 Å². The van der Waals surface area contributed by atoms with E-state index in [0.29, 0.717) is 6.42 Å². The fraction of sp³-hybridized carbons (Fsp3) is 0.111. The van der Waals surface area contributed by atoms with E-state index in [1.165, 1.54) is 24.5 Å². The summed E-state index contributed by atoms with van der Waals surface area (Å²) in [6.45, 7) is 1.88. The average Bonchev–Trinajstić information content (AvgIpc) is 3.39. The van der Waals surface area contributed by atoms with Gasteiger partial charge in [-0.15, -0.1) is 15.3 Å². The Morgan fingerprint density at radius 3 is 2.59 bits per heavy atom. The Kier molecular flexibility index (Phi) is 4.85. The molecule has 2 aromatic heterocycles. The van der Waals surface area contributed by atoms with Crippen molar-refractivity contribution in [2.75, 3.05) is 10.6 Å². The zero-order valence-corrected chi connectivity index (χ0v) is 15.0. The van der Waals surface area contributed by atoms with E-state index >= 15 is 0 Å². The van der Waals surface area contributed by atoms with Gasteiger partial charge in [0.15, 0.2) is 11.6 Å². The second-order valence-corrected chi connectivity index (χ2v) is 5.95. The largest absolute Gasteiger partial charge is 0.403 e. The molecule has 8 nitrogen and oxygen atoms in total. The number of hydrogen-bond acceptors (Lipinski definition) is 7. The molecule has 0 fully saturated rings. The highest BCUT2D eigenvalue weighted by Gasteiger charge is 2.21. The van der Waals surface area contributed by atoms with Crippen LogP contribution in [0.1, 0.15) is 12.5 Å². The predicted molar refractivity (Wildman–Crippen MR) is 98.4 cm³/mol. The van der Waals surface area contributed by atoms with Crippen molar-refractivity contribution < 1.29 is 17.6 Å². The normalized spacial score (nSPS) is 10.9. The molecule has 29 heavy (non-hydrogen) atoms. The topological polar surface area (TPSA) is 105 Å². The number of rotatable bonds is 6. The van der Waals surface area contributed by atoms with Gasteiger partial charge in [-0.2, -0.15) is 0 Å². The molecule has 0 unspecified atom stereocenters. The number of benzene rings is 2. The number of hydrogen-bond donors (Lipinski definition) is 3. The minimum absolute atomic E-state index is 0.0209. The molecule has 0 bridgehead atoms. The van der Waals surface area contributed by atoms with Crippen molar-refractivity contribution in [1.82, 2.24) is 25.4 Å². The molecule has 4 aromatic rings. The number of H-pyrrole nitrogens is 1. The minimum Gasteiger partial charge on any atom is -0.403 e. The third kappa shape index (κ3) is 3.74. The Labute approximate surface area is 162 Å². The van der Waals surface area contributed by atoms with Gasteiger partial charge in [-0.1, -0.05) is 18.1 Å². The maximum absolute atomic E-state index is 14.5. The smallest absolute Gasteiger partial charge is 0.322 e. The van der Waals surface area contributed by atoms with Crippen LogP contribution < -0.4 is 10.6 Å². The van der Waals surface area contributed by atoms with Crippen molar-refractivity contribution in [3.63, 3.8) is 0 Å². The fourth-order valence-electron chi connectivity index (χ4n) is 2.62. The minimum atomic E-state index is -1.20. The van der Waals surface area contributed by atoms with Crippen LogP contribution in [0.25, 0.3) is 11.5 Å². The molecule has 4 rings (SSSR count). The molecule has 0 saturated heterocycles. The third-order valence-corrected chi connectivity index (χ3v) is 4.09. The van der Waals surface area contributed by atoms with Crippen LogP contribution in [0.4, 0.5) is 36.5 Å². The summed E-state index contributed by atoms with van der Waals surface area (Å²) >= 11 is 0. The number of nitrogens with zero attached hydrogens (tertiary/aromatic N) is 4. The van der Waals surface area contributed by atoms with Gasteiger partial charge in [0, 0.05) is 0 Å². The SMILES string of the molecule is CCc1ccc(Nc2c(-c3nnc(Nc4nnc[nH]4)o3)ccc(F)c2F)c(F)c1. The molecule has 11 heteroatoms. The third-order valence-electron chi connectivity index (χ3n) is 4.09. The van der Waals surface area contributed by atoms with Crippen molar-refractivity contribution in [2.24, 2.45) is 0 Å². The van der Waals surface area contributed by atoms with Crippen molar-refractivity contribution in [1.29, 1.82) is 0 Å². The summed E-state index contributed by atoms with van der Waals surface area (Å²) in [7, 11) is 0. The summed E-state index contributed by atoms with van der Waals surface area (Å²) in [5, 5.41) is 20.2. The molecule has 2 aromatic carbocycles. The zero-order valence-electron chi connectivity index (χ0n) is 15.0. The van der Waals surface area contributed by atoms with Crippen molar-refractivity contribution >= 4 is 23.3 Å². The monoisotopic (exact) mass is 401 g/mol. The molecule has 0 radical (unpaired) electrons. The summed E-state index contributed by atoms with van der Waals surface area (Å²) in [6, 6.07) is 6.59. The van der Waals surface area contributed by atoms with Crippen LogP contribution in [-0.4, -0.2) is 25.4 Å². The summed E-state index contributed by atoms with van der Waals surface area (Å²) in [5.74, 6) is -2.77. The molecule has 3 N–H and O–H groups in total. The van der Waals surface area contributed by atoms with Gasteiger partial charge < -0.3 is 14.7 Å². The molecule has 0 aliphatic carbocycles. The van der Waals surface area contributed by atoms with Gasteiger partial charge in [0.2, 0.25) is 5.95 Å². The quantitative estimate of drug-likeness (QED) is 0.442. The second-order valence-electron chi connectivity index (χ2n) is 5.95. The molecular weight excluding hydrogens is 387 g/mol. The van der Waals surface area contributed by atoms with E-state index in [2.05, 4.69) is 36.0 Å². The standard InChI is InChI=1S/C18H14F3N7O/c1-2-9-3-6-13(12(20)7-9)24-15-10(4-5-11(19)14(15)21)16-26-28-18(29-16)25-17-22-8-23-27-17/h3-8,24H,2H2,1H3,(H2,22,23,25,27,28). The molecule has 0 saturated carbocycles. The highest BCUT2D eigenvalue weighted by Crippen LogP contribution is 2.34. The van der Waals surface area contributed by atoms with Gasteiger partial charge in [-0.3, -0.25) is 5.32 Å². The summed E-state index contributed by atoms with van der Waals surface area (Å²) in [5.41, 5.74) is 0.476. The van der Waals surface area contributed by atoms with E-state index in [-0.39, 0.29) is 34.8 Å². The Balaban J connectivity index is 1.70. The lowest BCUT2D eigenvalue weighted by molar-refractivity contribution is 0.511. The first kappa shape index (κ1) is 18.5. The summed E-state index contributed by atoms with van der Waals surface area (Å²) < 4.78 is 48.2. The van der Waals surface area contributed by atoms with E-state index in [1.807, 2.05) is 6.92 Å². The number of nitrogens with one attached hydrogen (secondary N) is 3. The van der Waals surface area contributed by atoms with Crippen LogP contribution in [0.15, 0.2) is 41.1 Å². The van der Waals surface area contributed by atoms with E-state index in [4.69, 9.17) is 4.42 Å². The Hall–Kier alpha value is -3.89. The van der Waals surface area contributed by atoms with Crippen LogP contribution in [-0.2, 0) is 6.42 Å². The lowest BCUT2D eigenvalue weighted by Gasteiger charge is -2.13. The first-order valence-corrected chi connectivity index (χ1v) is 8.55. The Bertz CT molecular complexity index is 1140. The maximum Gasteiger partial charge on any atom is 0.322 e. The molecule has 148 valence electrons. The lowest BCUT2D eigenvalue weighted by atomic mass is 10.1. The van der Waals surface area contributed by atoms with E-state index < -0.39 is 17.5 Å². The molecule has 0 amide bonds. The maximum atomic E-state index is 14.5. The van der Waals surface area contributed by atoms with Crippen molar-refractivity contribution in [3.8, 4) is 11.5 Å². The van der Waals surface area contributed by atoms with E-state index in [9.17, 15) is 13.2 Å². The van der Waals surface area contributed by atoms with Crippen LogP contribution in [0, 0.1) is 17.5 Å². The lowest BCUT2D eigenvalue weighted by Crippen LogP contribution is -2.02. The van der Waals surface area contributed by atoms with E-state index in [1.54, 1.807) is 6.07 Å². The van der Waals surface area contributed by atoms with Crippen LogP contribution >= 0.6 is 0 Å². The zero-order chi connectivity index (χ0) is 20.4. The molecule has 2 heterocycles. The highest BCUT2D eigenvalue weighted by molar-refractivity contribution is 5.78. The van der Waals surface area contributed by atoms with Gasteiger partial charge in [0.25, 0.3) is 5.89 Å². The molecule has 0 atom stereocenters. The second kappa shape index (κ2) is 7.62. The first-order chi connectivity index (χ1) is 14.0. The predicted octanol–water partition coefficient (Wildman–Crippen LogP) is 4.32.